The van der Waals surface area contributed by atoms with Crippen LogP contribution in [-0.4, -0.2) is 40.6 Å². The molecule has 1 aromatic heterocycles. The molecule has 0 spiro atoms. The van der Waals surface area contributed by atoms with Gasteiger partial charge in [-0.05, 0) is 42.0 Å². The van der Waals surface area contributed by atoms with Gasteiger partial charge in [-0.15, -0.1) is 0 Å². The van der Waals surface area contributed by atoms with Gasteiger partial charge in [-0.3, -0.25) is 9.59 Å². The van der Waals surface area contributed by atoms with Crippen molar-refractivity contribution in [1.82, 2.24) is 15.6 Å². The quantitative estimate of drug-likeness (QED) is 0.522. The van der Waals surface area contributed by atoms with Gasteiger partial charge in [-0.2, -0.15) is 0 Å². The lowest BCUT2D eigenvalue weighted by molar-refractivity contribution is -0.126. The average Bonchev–Trinajstić information content (AvgIpc) is 3.22. The summed E-state index contributed by atoms with van der Waals surface area (Å²) >= 11 is 0. The van der Waals surface area contributed by atoms with E-state index in [0.717, 1.165) is 27.7 Å². The first-order valence-electron chi connectivity index (χ1n) is 8.84. The molecule has 142 valence electrons. The van der Waals surface area contributed by atoms with E-state index >= 15 is 0 Å². The van der Waals surface area contributed by atoms with E-state index in [1.54, 1.807) is 18.2 Å². The number of halogens is 1. The fourth-order valence-corrected chi connectivity index (χ4v) is 3.31. The first kappa shape index (κ1) is 17.9. The minimum atomic E-state index is -0.961. The number of aromatic amines is 1. The number of hydrogen-bond acceptors (Lipinski definition) is 3. The number of hydrogen-bond donors (Lipinski definition) is 4. The van der Waals surface area contributed by atoms with Crippen LogP contribution in [-0.2, 0) is 9.59 Å². The van der Waals surface area contributed by atoms with Crippen molar-refractivity contribution in [3.63, 3.8) is 0 Å². The van der Waals surface area contributed by atoms with Gasteiger partial charge in [0.25, 0.3) is 0 Å². The molecule has 0 aliphatic carbocycles. The molecule has 3 aromatic rings. The van der Waals surface area contributed by atoms with E-state index in [9.17, 15) is 19.1 Å². The third-order valence-electron chi connectivity index (χ3n) is 4.73. The molecular formula is C21H18FN3O3. The van der Waals surface area contributed by atoms with Gasteiger partial charge in [0.1, 0.15) is 18.0 Å². The van der Waals surface area contributed by atoms with Crippen molar-refractivity contribution in [3.05, 3.63) is 66.0 Å². The first-order valence-corrected chi connectivity index (χ1v) is 8.84. The maximum Gasteiger partial charge on any atom is 0.245 e. The Morgan fingerprint density at radius 3 is 2.64 bits per heavy atom. The highest BCUT2D eigenvalue weighted by Crippen LogP contribution is 2.31. The second-order valence-corrected chi connectivity index (χ2v) is 6.60. The third kappa shape index (κ3) is 3.39. The van der Waals surface area contributed by atoms with E-state index in [4.69, 9.17) is 0 Å². The SMILES string of the molecule is O=C(C=Cc1c(-c2ccc(F)cc2)[nH]c2ccccc12)N[C@@H]1C(=O)NC[C@H]1O. The third-order valence-corrected chi connectivity index (χ3v) is 4.73. The van der Waals surface area contributed by atoms with Crippen molar-refractivity contribution in [1.29, 1.82) is 0 Å². The van der Waals surface area contributed by atoms with Crippen LogP contribution in [0.15, 0.2) is 54.6 Å². The van der Waals surface area contributed by atoms with E-state index < -0.39 is 24.0 Å². The van der Waals surface area contributed by atoms with Crippen molar-refractivity contribution in [2.45, 2.75) is 12.1 Å². The van der Waals surface area contributed by atoms with Crippen molar-refractivity contribution >= 4 is 28.8 Å². The summed E-state index contributed by atoms with van der Waals surface area (Å²) in [4.78, 5) is 27.2. The molecule has 0 radical (unpaired) electrons. The van der Waals surface area contributed by atoms with Crippen LogP contribution in [0, 0.1) is 5.82 Å². The zero-order valence-corrected chi connectivity index (χ0v) is 14.8. The number of fused-ring (bicyclic) bond motifs is 1. The summed E-state index contributed by atoms with van der Waals surface area (Å²) in [5, 5.41) is 15.7. The maximum atomic E-state index is 13.3. The van der Waals surface area contributed by atoms with Gasteiger partial charge in [0.05, 0.1) is 5.69 Å². The molecule has 1 fully saturated rings. The summed E-state index contributed by atoms with van der Waals surface area (Å²) < 4.78 is 13.3. The molecule has 7 heteroatoms. The number of amides is 2. The monoisotopic (exact) mass is 379 g/mol. The number of carbonyl (C=O) groups excluding carboxylic acids is 2. The highest BCUT2D eigenvalue weighted by Gasteiger charge is 2.33. The molecule has 2 heterocycles. The second kappa shape index (κ2) is 7.28. The second-order valence-electron chi connectivity index (χ2n) is 6.60. The smallest absolute Gasteiger partial charge is 0.245 e. The summed E-state index contributed by atoms with van der Waals surface area (Å²) in [5.41, 5.74) is 3.19. The Morgan fingerprint density at radius 2 is 1.93 bits per heavy atom. The number of benzene rings is 2. The summed E-state index contributed by atoms with van der Waals surface area (Å²) in [5.74, 6) is -1.23. The lowest BCUT2D eigenvalue weighted by Crippen LogP contribution is -2.44. The summed E-state index contributed by atoms with van der Waals surface area (Å²) in [6.07, 6.45) is 2.01. The molecule has 1 aliphatic rings. The van der Waals surface area contributed by atoms with Crippen molar-refractivity contribution < 1.29 is 19.1 Å². The summed E-state index contributed by atoms with van der Waals surface area (Å²) in [6, 6.07) is 12.7. The predicted molar refractivity (Wildman–Crippen MR) is 104 cm³/mol. The molecule has 4 N–H and O–H groups in total. The van der Waals surface area contributed by atoms with Crippen molar-refractivity contribution in [3.8, 4) is 11.3 Å². The number of rotatable bonds is 4. The number of aliphatic hydroxyl groups is 1. The Labute approximate surface area is 160 Å². The Kier molecular flexibility index (Phi) is 4.67. The van der Waals surface area contributed by atoms with E-state index in [0.29, 0.717) is 0 Å². The highest BCUT2D eigenvalue weighted by atomic mass is 19.1. The van der Waals surface area contributed by atoms with Crippen molar-refractivity contribution in [2.75, 3.05) is 6.54 Å². The zero-order valence-electron chi connectivity index (χ0n) is 14.8. The average molecular weight is 379 g/mol. The molecule has 28 heavy (non-hydrogen) atoms. The van der Waals surface area contributed by atoms with Crippen LogP contribution >= 0.6 is 0 Å². The molecular weight excluding hydrogens is 361 g/mol. The Bertz CT molecular complexity index is 1070. The maximum absolute atomic E-state index is 13.3. The number of aromatic nitrogens is 1. The fourth-order valence-electron chi connectivity index (χ4n) is 3.31. The molecule has 1 aliphatic heterocycles. The van der Waals surface area contributed by atoms with Crippen LogP contribution in [0.25, 0.3) is 28.2 Å². The van der Waals surface area contributed by atoms with Crippen LogP contribution in [0.4, 0.5) is 4.39 Å². The lowest BCUT2D eigenvalue weighted by atomic mass is 10.0. The molecule has 2 atom stereocenters. The lowest BCUT2D eigenvalue weighted by Gasteiger charge is -2.11. The Morgan fingerprint density at radius 1 is 1.18 bits per heavy atom. The molecule has 6 nitrogen and oxygen atoms in total. The normalized spacial score (nSPS) is 19.3. The number of para-hydroxylation sites is 1. The molecule has 2 amide bonds. The van der Waals surface area contributed by atoms with Crippen molar-refractivity contribution in [2.24, 2.45) is 0 Å². The molecule has 0 unspecified atom stereocenters. The van der Waals surface area contributed by atoms with Gasteiger partial charge >= 0.3 is 0 Å². The summed E-state index contributed by atoms with van der Waals surface area (Å²) in [6.45, 7) is 0.116. The van der Waals surface area contributed by atoms with Crippen LogP contribution in [0.1, 0.15) is 5.56 Å². The molecule has 2 aromatic carbocycles. The first-order chi connectivity index (χ1) is 13.5. The Balaban J connectivity index is 1.66. The molecule has 1 saturated heterocycles. The predicted octanol–water partition coefficient (Wildman–Crippen LogP) is 1.96. The van der Waals surface area contributed by atoms with E-state index in [1.807, 2.05) is 24.3 Å². The van der Waals surface area contributed by atoms with Gasteiger partial charge in [0.2, 0.25) is 11.8 Å². The number of nitrogens with one attached hydrogen (secondary N) is 3. The molecule has 0 saturated carbocycles. The standard InChI is InChI=1S/C21H18FN3O3/c22-13-7-5-12(6-8-13)19-15(14-3-1-2-4-16(14)24-19)9-10-18(27)25-20-17(26)11-23-21(20)28/h1-10,17,20,24,26H,11H2,(H,23,28)(H,25,27)/t17-,20+/m1/s1. The number of β-amino-alcohol motifs (C(OH)–C–C–N with tert-alkyl or cyclic N) is 1. The number of H-pyrrole nitrogens is 1. The van der Waals surface area contributed by atoms with Gasteiger partial charge in [-0.1, -0.05) is 18.2 Å². The van der Waals surface area contributed by atoms with Gasteiger partial charge in [-0.25, -0.2) is 4.39 Å². The fraction of sp³-hybridized carbons (Fsp3) is 0.143. The number of aliphatic hydroxyl groups excluding tert-OH is 1. The van der Waals surface area contributed by atoms with E-state index in [2.05, 4.69) is 15.6 Å². The summed E-state index contributed by atoms with van der Waals surface area (Å²) in [7, 11) is 0. The zero-order chi connectivity index (χ0) is 19.7. The van der Waals surface area contributed by atoms with Gasteiger partial charge in [0.15, 0.2) is 0 Å². The van der Waals surface area contributed by atoms with Gasteiger partial charge in [0, 0.05) is 29.1 Å². The molecule has 0 bridgehead atoms. The van der Waals surface area contributed by atoms with Crippen LogP contribution in [0.3, 0.4) is 0 Å². The van der Waals surface area contributed by atoms with Crippen LogP contribution in [0.2, 0.25) is 0 Å². The minimum Gasteiger partial charge on any atom is -0.389 e. The van der Waals surface area contributed by atoms with Crippen LogP contribution in [0.5, 0.6) is 0 Å². The van der Waals surface area contributed by atoms with E-state index in [-0.39, 0.29) is 12.4 Å². The van der Waals surface area contributed by atoms with E-state index in [1.165, 1.54) is 18.2 Å². The topological polar surface area (TPSA) is 94.2 Å². The minimum absolute atomic E-state index is 0.116. The van der Waals surface area contributed by atoms with Crippen LogP contribution < -0.4 is 10.6 Å². The highest BCUT2D eigenvalue weighted by molar-refractivity contribution is 6.02. The largest absolute Gasteiger partial charge is 0.389 e. The van der Waals surface area contributed by atoms with Gasteiger partial charge < -0.3 is 20.7 Å². The Hall–Kier alpha value is -3.45. The number of carbonyl (C=O) groups is 2. The molecule has 4 rings (SSSR count).